The summed E-state index contributed by atoms with van der Waals surface area (Å²) < 4.78 is 0. The third-order valence-corrected chi connectivity index (χ3v) is 4.68. The Hall–Kier alpha value is -4.27. The normalized spacial score (nSPS) is 10.3. The van der Waals surface area contributed by atoms with Gasteiger partial charge in [0.1, 0.15) is 0 Å². The van der Waals surface area contributed by atoms with Crippen LogP contribution in [-0.2, 0) is 0 Å². The molecule has 0 fully saturated rings. The minimum atomic E-state index is -0.352. The average molecular weight is 432 g/mol. The van der Waals surface area contributed by atoms with E-state index in [4.69, 9.17) is 0 Å². The number of nitrogens with one attached hydrogen (secondary N) is 4. The highest BCUT2D eigenvalue weighted by molar-refractivity contribution is 6.00. The molecule has 164 valence electrons. The molecule has 32 heavy (non-hydrogen) atoms. The third-order valence-electron chi connectivity index (χ3n) is 4.68. The highest BCUT2D eigenvalue weighted by Gasteiger charge is 2.16. The minimum absolute atomic E-state index is 0. The average Bonchev–Trinajstić information content (AvgIpc) is 3.20. The maximum atomic E-state index is 12.1. The predicted octanol–water partition coefficient (Wildman–Crippen LogP) is 3.82. The molecule has 4 N–H and O–H groups in total. The zero-order chi connectivity index (χ0) is 21.8. The van der Waals surface area contributed by atoms with Crippen LogP contribution in [0.4, 0.5) is 10.7 Å². The van der Waals surface area contributed by atoms with Crippen LogP contribution in [0, 0.1) is 0 Å². The Morgan fingerprint density at radius 1 is 1.09 bits per heavy atom. The fourth-order valence-electron chi connectivity index (χ4n) is 3.25. The van der Waals surface area contributed by atoms with Crippen LogP contribution in [-0.4, -0.2) is 45.5 Å². The summed E-state index contributed by atoms with van der Waals surface area (Å²) in [7, 11) is 1.58. The summed E-state index contributed by atoms with van der Waals surface area (Å²) in [6.07, 6.45) is 5.06. The lowest BCUT2D eigenvalue weighted by Crippen LogP contribution is -2.28. The van der Waals surface area contributed by atoms with Gasteiger partial charge in [-0.05, 0) is 42.8 Å². The molecule has 0 saturated heterocycles. The van der Waals surface area contributed by atoms with Crippen LogP contribution in [0.2, 0.25) is 0 Å². The van der Waals surface area contributed by atoms with Gasteiger partial charge in [-0.3, -0.25) is 20.1 Å². The van der Waals surface area contributed by atoms with Gasteiger partial charge in [-0.25, -0.2) is 9.78 Å². The first-order valence-electron chi connectivity index (χ1n) is 9.76. The van der Waals surface area contributed by atoms with Crippen molar-refractivity contribution in [3.05, 3.63) is 60.6 Å². The Labute approximate surface area is 185 Å². The molecule has 0 atom stereocenters. The molecule has 0 unspecified atom stereocenters. The van der Waals surface area contributed by atoms with E-state index in [9.17, 15) is 9.59 Å². The van der Waals surface area contributed by atoms with Crippen molar-refractivity contribution in [1.82, 2.24) is 30.6 Å². The fraction of sp³-hybridized carbons (Fsp3) is 0.174. The van der Waals surface area contributed by atoms with Crippen molar-refractivity contribution < 1.29 is 9.59 Å². The molecule has 3 heterocycles. The number of pyridine rings is 2. The summed E-state index contributed by atoms with van der Waals surface area (Å²) in [5.74, 6) is 0.108. The molecule has 0 saturated carbocycles. The third kappa shape index (κ3) is 4.56. The molecule has 1 aromatic carbocycles. The first kappa shape index (κ1) is 22.4. The highest BCUT2D eigenvalue weighted by Crippen LogP contribution is 2.33. The molecule has 3 amide bonds. The Morgan fingerprint density at radius 3 is 2.66 bits per heavy atom. The van der Waals surface area contributed by atoms with Crippen LogP contribution in [0.1, 0.15) is 24.7 Å². The molecule has 0 aliphatic heterocycles. The molecule has 0 bridgehead atoms. The van der Waals surface area contributed by atoms with Gasteiger partial charge < -0.3 is 15.6 Å². The lowest BCUT2D eigenvalue weighted by molar-refractivity contribution is 0.0963. The van der Waals surface area contributed by atoms with Gasteiger partial charge in [-0.1, -0.05) is 13.5 Å². The zero-order valence-electron chi connectivity index (χ0n) is 17.1. The number of anilines is 1. The smallest absolute Gasteiger partial charge is 0.321 e. The molecule has 3 aromatic heterocycles. The van der Waals surface area contributed by atoms with Crippen LogP contribution < -0.4 is 16.0 Å². The van der Waals surface area contributed by atoms with Gasteiger partial charge in [-0.2, -0.15) is 0 Å². The van der Waals surface area contributed by atoms with Gasteiger partial charge in [-0.15, -0.1) is 0 Å². The van der Waals surface area contributed by atoms with Crippen LogP contribution in [0.25, 0.3) is 33.4 Å². The van der Waals surface area contributed by atoms with Crippen molar-refractivity contribution in [2.24, 2.45) is 0 Å². The second kappa shape index (κ2) is 9.69. The number of fused-ring (bicyclic) bond motifs is 1. The van der Waals surface area contributed by atoms with Crippen molar-refractivity contribution in [2.45, 2.75) is 14.4 Å². The van der Waals surface area contributed by atoms with Crippen LogP contribution in [0.5, 0.6) is 0 Å². The first-order chi connectivity index (χ1) is 15.1. The SMILES string of the molecule is C.CCNC(=O)Nc1nc2c(-c3cc(C(=O)NC)ccn3)cc(-c3cccnc3)cc2[nH]1. The molecular weight excluding hydrogens is 406 g/mol. The van der Waals surface area contributed by atoms with E-state index in [0.29, 0.717) is 29.3 Å². The molecule has 0 radical (unpaired) electrons. The van der Waals surface area contributed by atoms with E-state index in [1.807, 2.05) is 31.2 Å². The number of carbonyl (C=O) groups is 2. The number of hydrogen-bond acceptors (Lipinski definition) is 5. The lowest BCUT2D eigenvalue weighted by atomic mass is 10.00. The monoisotopic (exact) mass is 431 g/mol. The Kier molecular flexibility index (Phi) is 6.79. The summed E-state index contributed by atoms with van der Waals surface area (Å²) in [6, 6.07) is 10.7. The molecule has 9 nitrogen and oxygen atoms in total. The first-order valence-corrected chi connectivity index (χ1v) is 9.76. The highest BCUT2D eigenvalue weighted by atomic mass is 16.2. The van der Waals surface area contributed by atoms with Crippen LogP contribution in [0.15, 0.2) is 55.0 Å². The second-order valence-electron chi connectivity index (χ2n) is 6.74. The lowest BCUT2D eigenvalue weighted by Gasteiger charge is -2.08. The van der Waals surface area contributed by atoms with E-state index in [0.717, 1.165) is 22.2 Å². The molecule has 4 aromatic rings. The van der Waals surface area contributed by atoms with Gasteiger partial charge in [0.2, 0.25) is 5.95 Å². The molecular formula is C23H25N7O2. The molecule has 0 aliphatic rings. The summed E-state index contributed by atoms with van der Waals surface area (Å²) in [5, 5.41) is 7.99. The van der Waals surface area contributed by atoms with Gasteiger partial charge in [0.25, 0.3) is 5.91 Å². The molecule has 0 aliphatic carbocycles. The number of aromatic nitrogens is 4. The summed E-state index contributed by atoms with van der Waals surface area (Å²) in [6.45, 7) is 2.33. The van der Waals surface area contributed by atoms with Gasteiger partial charge >= 0.3 is 6.03 Å². The van der Waals surface area contributed by atoms with Crippen molar-refractivity contribution in [1.29, 1.82) is 0 Å². The number of amides is 3. The topological polar surface area (TPSA) is 125 Å². The Balaban J connectivity index is 0.00000289. The fourth-order valence-corrected chi connectivity index (χ4v) is 3.25. The summed E-state index contributed by atoms with van der Waals surface area (Å²) in [4.78, 5) is 40.4. The summed E-state index contributed by atoms with van der Waals surface area (Å²) >= 11 is 0. The Bertz CT molecular complexity index is 1250. The van der Waals surface area contributed by atoms with Crippen LogP contribution >= 0.6 is 0 Å². The van der Waals surface area contributed by atoms with E-state index in [2.05, 4.69) is 35.9 Å². The van der Waals surface area contributed by atoms with Crippen LogP contribution in [0.3, 0.4) is 0 Å². The van der Waals surface area contributed by atoms with Crippen molar-refractivity contribution in [2.75, 3.05) is 18.9 Å². The maximum absolute atomic E-state index is 12.1. The largest absolute Gasteiger partial charge is 0.355 e. The van der Waals surface area contributed by atoms with Crippen molar-refractivity contribution >= 4 is 28.9 Å². The number of imidazole rings is 1. The quantitative estimate of drug-likeness (QED) is 0.382. The number of hydrogen-bond donors (Lipinski definition) is 4. The minimum Gasteiger partial charge on any atom is -0.355 e. The number of carbonyl (C=O) groups excluding carboxylic acids is 2. The molecule has 9 heteroatoms. The van der Waals surface area contributed by atoms with E-state index >= 15 is 0 Å². The standard InChI is InChI=1S/C22H21N7O2.CH4/c1-3-25-22(31)29-21-27-18-11-15(14-5-4-7-24-12-14)9-16(19(18)28-21)17-10-13(6-8-26-17)20(30)23-2;/h4-12H,3H2,1-2H3,(H,23,30)(H3,25,27,28,29,31);1H4. The second-order valence-corrected chi connectivity index (χ2v) is 6.74. The maximum Gasteiger partial charge on any atom is 0.321 e. The van der Waals surface area contributed by atoms with E-state index in [1.54, 1.807) is 37.8 Å². The van der Waals surface area contributed by atoms with E-state index in [-0.39, 0.29) is 19.4 Å². The number of aromatic amines is 1. The Morgan fingerprint density at radius 2 is 1.94 bits per heavy atom. The number of benzene rings is 1. The van der Waals surface area contributed by atoms with Gasteiger partial charge in [0.05, 0.1) is 16.7 Å². The summed E-state index contributed by atoms with van der Waals surface area (Å²) in [5.41, 5.74) is 4.96. The van der Waals surface area contributed by atoms with Gasteiger partial charge in [0, 0.05) is 48.9 Å². The molecule has 0 spiro atoms. The van der Waals surface area contributed by atoms with Crippen molar-refractivity contribution in [3.8, 4) is 22.4 Å². The van der Waals surface area contributed by atoms with Crippen molar-refractivity contribution in [3.63, 3.8) is 0 Å². The number of H-pyrrole nitrogens is 1. The number of rotatable bonds is 5. The zero-order valence-corrected chi connectivity index (χ0v) is 17.1. The van der Waals surface area contributed by atoms with E-state index in [1.165, 1.54) is 0 Å². The number of nitrogens with zero attached hydrogens (tertiary/aromatic N) is 3. The van der Waals surface area contributed by atoms with Gasteiger partial charge in [0.15, 0.2) is 0 Å². The number of urea groups is 1. The van der Waals surface area contributed by atoms with E-state index < -0.39 is 0 Å². The predicted molar refractivity (Wildman–Crippen MR) is 125 cm³/mol. The molecule has 4 rings (SSSR count).